The number of hydrogen-bond donors (Lipinski definition) is 2. The van der Waals surface area contributed by atoms with Crippen molar-refractivity contribution in [3.63, 3.8) is 0 Å². The van der Waals surface area contributed by atoms with Gasteiger partial charge >= 0.3 is 0 Å². The molecule has 0 saturated heterocycles. The Kier molecular flexibility index (Phi) is 5.59. The Labute approximate surface area is 124 Å². The standard InChI is InChI=1S/C16H21NO2S/c1-12(2)17-10-14(18)11-19-15-7-5-13(6-8-15)16-4-3-9-20-16/h3-9,12,14,17-18H,10-11H2,1-2H3/t14-/m0/s1. The molecule has 0 aliphatic carbocycles. The van der Waals surface area contributed by atoms with Crippen molar-refractivity contribution in [1.82, 2.24) is 5.32 Å². The molecule has 2 aromatic rings. The van der Waals surface area contributed by atoms with Crippen LogP contribution in [0.2, 0.25) is 0 Å². The van der Waals surface area contributed by atoms with E-state index in [1.165, 1.54) is 10.4 Å². The summed E-state index contributed by atoms with van der Waals surface area (Å²) in [6, 6.07) is 12.5. The number of rotatable bonds is 7. The van der Waals surface area contributed by atoms with Crippen LogP contribution in [0.1, 0.15) is 13.8 Å². The molecule has 1 heterocycles. The molecule has 2 rings (SSSR count). The van der Waals surface area contributed by atoms with Crippen LogP contribution in [0.15, 0.2) is 41.8 Å². The maximum absolute atomic E-state index is 9.78. The SMILES string of the molecule is CC(C)NC[C@H](O)COc1ccc(-c2cccs2)cc1. The van der Waals surface area contributed by atoms with Crippen LogP contribution in [0.25, 0.3) is 10.4 Å². The van der Waals surface area contributed by atoms with Gasteiger partial charge in [0.1, 0.15) is 18.5 Å². The summed E-state index contributed by atoms with van der Waals surface area (Å²) in [4.78, 5) is 1.25. The van der Waals surface area contributed by atoms with E-state index >= 15 is 0 Å². The Morgan fingerprint density at radius 2 is 1.95 bits per heavy atom. The summed E-state index contributed by atoms with van der Waals surface area (Å²) < 4.78 is 5.59. The van der Waals surface area contributed by atoms with Crippen LogP contribution < -0.4 is 10.1 Å². The first-order valence-corrected chi connectivity index (χ1v) is 7.71. The average molecular weight is 291 g/mol. The number of ether oxygens (including phenoxy) is 1. The molecular weight excluding hydrogens is 270 g/mol. The second-order valence-electron chi connectivity index (χ2n) is 5.03. The Bertz CT molecular complexity index is 494. The van der Waals surface area contributed by atoms with Crippen molar-refractivity contribution in [3.8, 4) is 16.2 Å². The normalized spacial score (nSPS) is 12.6. The Balaban J connectivity index is 1.82. The molecule has 0 spiro atoms. The van der Waals surface area contributed by atoms with Crippen LogP contribution in [0, 0.1) is 0 Å². The van der Waals surface area contributed by atoms with Gasteiger partial charge in [0.25, 0.3) is 0 Å². The van der Waals surface area contributed by atoms with Crippen LogP contribution in [0.5, 0.6) is 5.75 Å². The highest BCUT2D eigenvalue weighted by molar-refractivity contribution is 7.13. The van der Waals surface area contributed by atoms with Gasteiger partial charge in [-0.1, -0.05) is 19.9 Å². The van der Waals surface area contributed by atoms with Gasteiger partial charge < -0.3 is 15.2 Å². The molecular formula is C16H21NO2S. The molecule has 4 heteroatoms. The molecule has 3 nitrogen and oxygen atoms in total. The van der Waals surface area contributed by atoms with Crippen LogP contribution in [-0.4, -0.2) is 30.4 Å². The molecule has 1 atom stereocenters. The summed E-state index contributed by atoms with van der Waals surface area (Å²) in [5, 5.41) is 15.0. The lowest BCUT2D eigenvalue weighted by molar-refractivity contribution is 0.104. The first-order valence-electron chi connectivity index (χ1n) is 6.83. The third kappa shape index (κ3) is 4.63. The van der Waals surface area contributed by atoms with E-state index in [0.717, 1.165) is 5.75 Å². The molecule has 108 valence electrons. The fourth-order valence-electron chi connectivity index (χ4n) is 1.78. The molecule has 2 N–H and O–H groups in total. The molecule has 1 aromatic heterocycles. The molecule has 0 aliphatic heterocycles. The van der Waals surface area contributed by atoms with Gasteiger partial charge in [-0.3, -0.25) is 0 Å². The summed E-state index contributed by atoms with van der Waals surface area (Å²) >= 11 is 1.72. The second-order valence-corrected chi connectivity index (χ2v) is 5.98. The van der Waals surface area contributed by atoms with E-state index in [-0.39, 0.29) is 0 Å². The minimum absolute atomic E-state index is 0.304. The van der Waals surface area contributed by atoms with Gasteiger partial charge in [-0.15, -0.1) is 11.3 Å². The first-order chi connectivity index (χ1) is 9.65. The minimum Gasteiger partial charge on any atom is -0.491 e. The molecule has 0 aliphatic rings. The Morgan fingerprint density at radius 1 is 1.20 bits per heavy atom. The molecule has 0 fully saturated rings. The molecule has 20 heavy (non-hydrogen) atoms. The van der Waals surface area contributed by atoms with Crippen LogP contribution in [0.4, 0.5) is 0 Å². The zero-order valence-corrected chi connectivity index (χ0v) is 12.7. The lowest BCUT2D eigenvalue weighted by atomic mass is 10.2. The van der Waals surface area contributed by atoms with Crippen LogP contribution in [-0.2, 0) is 0 Å². The molecule has 0 amide bonds. The van der Waals surface area contributed by atoms with Crippen molar-refractivity contribution >= 4 is 11.3 Å². The summed E-state index contributed by atoms with van der Waals surface area (Å²) in [6.07, 6.45) is -0.491. The maximum atomic E-state index is 9.78. The van der Waals surface area contributed by atoms with E-state index in [4.69, 9.17) is 4.74 Å². The molecule has 1 aromatic carbocycles. The Hall–Kier alpha value is -1.36. The molecule has 0 radical (unpaired) electrons. The van der Waals surface area contributed by atoms with E-state index in [9.17, 15) is 5.11 Å². The highest BCUT2D eigenvalue weighted by Crippen LogP contribution is 2.26. The third-order valence-electron chi connectivity index (χ3n) is 2.86. The zero-order chi connectivity index (χ0) is 14.4. The number of aliphatic hydroxyl groups excluding tert-OH is 1. The fourth-order valence-corrected chi connectivity index (χ4v) is 2.51. The van der Waals surface area contributed by atoms with E-state index in [0.29, 0.717) is 19.2 Å². The second kappa shape index (κ2) is 7.43. The number of nitrogens with one attached hydrogen (secondary N) is 1. The van der Waals surface area contributed by atoms with Gasteiger partial charge in [-0.05, 0) is 41.3 Å². The van der Waals surface area contributed by atoms with Gasteiger partial charge in [0, 0.05) is 17.5 Å². The topological polar surface area (TPSA) is 41.5 Å². The fraction of sp³-hybridized carbons (Fsp3) is 0.375. The van der Waals surface area contributed by atoms with Crippen molar-refractivity contribution < 1.29 is 9.84 Å². The van der Waals surface area contributed by atoms with E-state index in [1.807, 2.05) is 30.3 Å². The monoisotopic (exact) mass is 291 g/mol. The summed E-state index contributed by atoms with van der Waals surface area (Å²) in [7, 11) is 0. The number of hydrogen-bond acceptors (Lipinski definition) is 4. The Morgan fingerprint density at radius 3 is 2.55 bits per heavy atom. The highest BCUT2D eigenvalue weighted by atomic mass is 32.1. The van der Waals surface area contributed by atoms with Gasteiger partial charge in [-0.25, -0.2) is 0 Å². The van der Waals surface area contributed by atoms with Gasteiger partial charge in [0.15, 0.2) is 0 Å². The summed E-state index contributed by atoms with van der Waals surface area (Å²) in [5.74, 6) is 0.786. The third-order valence-corrected chi connectivity index (χ3v) is 3.78. The minimum atomic E-state index is -0.491. The average Bonchev–Trinajstić information content (AvgIpc) is 2.97. The summed E-state index contributed by atoms with van der Waals surface area (Å²) in [5.41, 5.74) is 1.19. The van der Waals surface area contributed by atoms with Crippen LogP contribution >= 0.6 is 11.3 Å². The summed E-state index contributed by atoms with van der Waals surface area (Å²) in [6.45, 7) is 4.96. The zero-order valence-electron chi connectivity index (χ0n) is 11.9. The predicted octanol–water partition coefficient (Wildman–Crippen LogP) is 3.15. The van der Waals surface area contributed by atoms with E-state index in [2.05, 4.69) is 30.6 Å². The van der Waals surface area contributed by atoms with Crippen molar-refractivity contribution in [3.05, 3.63) is 41.8 Å². The number of thiophene rings is 1. The maximum Gasteiger partial charge on any atom is 0.119 e. The van der Waals surface area contributed by atoms with Gasteiger partial charge in [0.2, 0.25) is 0 Å². The largest absolute Gasteiger partial charge is 0.491 e. The molecule has 0 bridgehead atoms. The number of benzene rings is 1. The van der Waals surface area contributed by atoms with Crippen molar-refractivity contribution in [2.75, 3.05) is 13.2 Å². The molecule has 0 unspecified atom stereocenters. The molecule has 0 saturated carbocycles. The van der Waals surface area contributed by atoms with E-state index in [1.54, 1.807) is 11.3 Å². The smallest absolute Gasteiger partial charge is 0.119 e. The highest BCUT2D eigenvalue weighted by Gasteiger charge is 2.06. The predicted molar refractivity (Wildman–Crippen MR) is 84.4 cm³/mol. The number of aliphatic hydroxyl groups is 1. The van der Waals surface area contributed by atoms with Crippen molar-refractivity contribution in [1.29, 1.82) is 0 Å². The van der Waals surface area contributed by atoms with Gasteiger partial charge in [-0.2, -0.15) is 0 Å². The van der Waals surface area contributed by atoms with Gasteiger partial charge in [0.05, 0.1) is 0 Å². The van der Waals surface area contributed by atoms with Crippen LogP contribution in [0.3, 0.4) is 0 Å². The van der Waals surface area contributed by atoms with Crippen molar-refractivity contribution in [2.24, 2.45) is 0 Å². The first kappa shape index (κ1) is 15.0. The lowest BCUT2D eigenvalue weighted by Crippen LogP contribution is -2.35. The lowest BCUT2D eigenvalue weighted by Gasteiger charge is -2.15. The van der Waals surface area contributed by atoms with Crippen molar-refractivity contribution in [2.45, 2.75) is 26.0 Å². The quantitative estimate of drug-likeness (QED) is 0.823. The van der Waals surface area contributed by atoms with E-state index < -0.39 is 6.10 Å².